The van der Waals surface area contributed by atoms with Crippen LogP contribution in [0.15, 0.2) is 63.8 Å². The number of thioether (sulfide) groups is 1. The molecule has 13 heteroatoms. The molecule has 0 spiro atoms. The second-order valence-corrected chi connectivity index (χ2v) is 10.8. The Kier molecular flexibility index (Phi) is 8.88. The first-order valence-corrected chi connectivity index (χ1v) is 13.2. The van der Waals surface area contributed by atoms with Gasteiger partial charge in [-0.3, -0.25) is 14.9 Å². The molecule has 3 aromatic rings. The van der Waals surface area contributed by atoms with Gasteiger partial charge in [0.15, 0.2) is 4.34 Å². The van der Waals surface area contributed by atoms with Crippen molar-refractivity contribution < 1.29 is 18.1 Å². The second kappa shape index (κ2) is 11.8. The molecule has 3 rings (SSSR count). The molecule has 0 fully saturated rings. The number of aromatic nitrogens is 2. The number of benzene rings is 2. The van der Waals surface area contributed by atoms with Crippen LogP contribution in [0.3, 0.4) is 0 Å². The molecule has 174 valence electrons. The van der Waals surface area contributed by atoms with E-state index in [9.17, 15) is 23.3 Å². The van der Waals surface area contributed by atoms with E-state index in [2.05, 4.69) is 32.4 Å². The average molecular weight is 508 g/mol. The van der Waals surface area contributed by atoms with Gasteiger partial charge in [0.1, 0.15) is 0 Å². The van der Waals surface area contributed by atoms with E-state index in [-0.39, 0.29) is 23.5 Å². The molecule has 0 unspecified atom stereocenters. The zero-order chi connectivity index (χ0) is 23.7. The van der Waals surface area contributed by atoms with Gasteiger partial charge in [-0.25, -0.2) is 13.1 Å². The van der Waals surface area contributed by atoms with Crippen molar-refractivity contribution >= 4 is 49.8 Å². The van der Waals surface area contributed by atoms with Gasteiger partial charge < -0.3 is 5.32 Å². The third-order valence-corrected chi connectivity index (χ3v) is 7.87. The van der Waals surface area contributed by atoms with Crippen molar-refractivity contribution in [2.75, 3.05) is 17.6 Å². The molecule has 1 aromatic heterocycles. The Morgan fingerprint density at radius 3 is 2.52 bits per heavy atom. The Labute approximate surface area is 199 Å². The lowest BCUT2D eigenvalue weighted by Crippen LogP contribution is -2.27. The molecule has 0 bridgehead atoms. The molecule has 0 radical (unpaired) electrons. The predicted molar refractivity (Wildman–Crippen MR) is 127 cm³/mol. The highest BCUT2D eigenvalue weighted by Crippen LogP contribution is 2.26. The van der Waals surface area contributed by atoms with Gasteiger partial charge >= 0.3 is 0 Å². The number of hydrogen-bond acceptors (Lipinski definition) is 9. The molecular weight excluding hydrogens is 486 g/mol. The highest BCUT2D eigenvalue weighted by molar-refractivity contribution is 8.01. The van der Waals surface area contributed by atoms with E-state index in [1.54, 1.807) is 11.8 Å². The van der Waals surface area contributed by atoms with Crippen LogP contribution in [-0.2, 0) is 21.2 Å². The Hall–Kier alpha value is -2.87. The number of aryl methyl sites for hydroxylation is 1. The summed E-state index contributed by atoms with van der Waals surface area (Å²) in [6.45, 7) is -0.134. The lowest BCUT2D eigenvalue weighted by atomic mass is 10.1. The van der Waals surface area contributed by atoms with Gasteiger partial charge in [0.05, 0.1) is 9.82 Å². The largest absolute Gasteiger partial charge is 0.300 e. The first kappa shape index (κ1) is 24.8. The van der Waals surface area contributed by atoms with Gasteiger partial charge in [0.25, 0.3) is 5.69 Å². The van der Waals surface area contributed by atoms with Crippen molar-refractivity contribution in [2.45, 2.75) is 28.5 Å². The van der Waals surface area contributed by atoms with Gasteiger partial charge in [-0.15, -0.1) is 10.2 Å². The van der Waals surface area contributed by atoms with Gasteiger partial charge in [0, 0.05) is 30.9 Å². The SMILES string of the molecule is O=C(CCNS(=O)(=O)c1ccc([N+](=O)[O-])cc1)Nc1nnc(SCCCc2ccccc2)s1. The predicted octanol–water partition coefficient (Wildman–Crippen LogP) is 3.48. The van der Waals surface area contributed by atoms with Crippen molar-refractivity contribution in [2.24, 2.45) is 0 Å². The van der Waals surface area contributed by atoms with Crippen molar-refractivity contribution in [1.82, 2.24) is 14.9 Å². The Morgan fingerprint density at radius 1 is 1.09 bits per heavy atom. The van der Waals surface area contributed by atoms with E-state index in [1.807, 2.05) is 18.2 Å². The molecule has 0 aliphatic rings. The van der Waals surface area contributed by atoms with Crippen LogP contribution >= 0.6 is 23.1 Å². The van der Waals surface area contributed by atoms with E-state index < -0.39 is 20.9 Å². The summed E-state index contributed by atoms with van der Waals surface area (Å²) in [6.07, 6.45) is 1.86. The summed E-state index contributed by atoms with van der Waals surface area (Å²) in [7, 11) is -3.88. The van der Waals surface area contributed by atoms with Gasteiger partial charge in [-0.05, 0) is 30.5 Å². The number of sulfonamides is 1. The number of hydrogen-bond donors (Lipinski definition) is 2. The minimum absolute atomic E-state index is 0.106. The van der Waals surface area contributed by atoms with Gasteiger partial charge in [-0.2, -0.15) is 0 Å². The van der Waals surface area contributed by atoms with Crippen LogP contribution in [0, 0.1) is 10.1 Å². The Bertz CT molecular complexity index is 1180. The van der Waals surface area contributed by atoms with E-state index in [0.717, 1.165) is 47.2 Å². The maximum absolute atomic E-state index is 12.2. The highest BCUT2D eigenvalue weighted by Gasteiger charge is 2.16. The van der Waals surface area contributed by atoms with Crippen LogP contribution in [0.5, 0.6) is 0 Å². The molecule has 2 N–H and O–H groups in total. The fraction of sp³-hybridized carbons (Fsp3) is 0.250. The lowest BCUT2D eigenvalue weighted by Gasteiger charge is -2.06. The first-order valence-electron chi connectivity index (χ1n) is 9.88. The highest BCUT2D eigenvalue weighted by atomic mass is 32.2. The number of non-ortho nitro benzene ring substituents is 1. The number of rotatable bonds is 12. The van der Waals surface area contributed by atoms with E-state index in [0.29, 0.717) is 5.13 Å². The maximum Gasteiger partial charge on any atom is 0.269 e. The van der Waals surface area contributed by atoms with Crippen LogP contribution in [0.4, 0.5) is 10.8 Å². The lowest BCUT2D eigenvalue weighted by molar-refractivity contribution is -0.384. The molecular formula is C20H21N5O5S3. The topological polar surface area (TPSA) is 144 Å². The zero-order valence-electron chi connectivity index (χ0n) is 17.3. The first-order chi connectivity index (χ1) is 15.8. The fourth-order valence-electron chi connectivity index (χ4n) is 2.71. The second-order valence-electron chi connectivity index (χ2n) is 6.76. The van der Waals surface area contributed by atoms with Crippen LogP contribution in [-0.4, -0.2) is 41.7 Å². The number of amides is 1. The molecule has 0 aliphatic heterocycles. The summed E-state index contributed by atoms with van der Waals surface area (Å²) >= 11 is 2.83. The number of nitrogens with one attached hydrogen (secondary N) is 2. The van der Waals surface area contributed by atoms with Crippen LogP contribution in [0.1, 0.15) is 18.4 Å². The van der Waals surface area contributed by atoms with Crippen molar-refractivity contribution in [3.8, 4) is 0 Å². The Balaban J connectivity index is 1.38. The van der Waals surface area contributed by atoms with Gasteiger partial charge in [-0.1, -0.05) is 53.4 Å². The summed E-state index contributed by atoms with van der Waals surface area (Å²) in [5, 5.41) is 21.6. The quantitative estimate of drug-likeness (QED) is 0.125. The summed E-state index contributed by atoms with van der Waals surface area (Å²) in [5.41, 5.74) is 1.08. The molecule has 33 heavy (non-hydrogen) atoms. The van der Waals surface area contributed by atoms with Crippen molar-refractivity contribution in [3.05, 3.63) is 70.3 Å². The van der Waals surface area contributed by atoms with Crippen LogP contribution < -0.4 is 10.0 Å². The zero-order valence-corrected chi connectivity index (χ0v) is 19.8. The summed E-state index contributed by atoms with van der Waals surface area (Å²) < 4.78 is 27.5. The summed E-state index contributed by atoms with van der Waals surface area (Å²) in [4.78, 5) is 22.0. The molecule has 0 saturated carbocycles. The van der Waals surface area contributed by atoms with E-state index in [4.69, 9.17) is 0 Å². The standard InChI is InChI=1S/C20H21N5O5S3/c26-18(12-13-21-33(29,30)17-10-8-16(9-11-17)25(27)28)22-19-23-24-20(32-19)31-14-4-7-15-5-2-1-3-6-15/h1-3,5-6,8-11,21H,4,7,12-14H2,(H,22,23,26). The van der Waals surface area contributed by atoms with Crippen molar-refractivity contribution in [1.29, 1.82) is 0 Å². The minimum Gasteiger partial charge on any atom is -0.300 e. The molecule has 0 saturated heterocycles. The van der Waals surface area contributed by atoms with E-state index >= 15 is 0 Å². The van der Waals surface area contributed by atoms with Crippen molar-refractivity contribution in [3.63, 3.8) is 0 Å². The number of nitro groups is 1. The molecule has 1 amide bonds. The third kappa shape index (κ3) is 7.89. The summed E-state index contributed by atoms with van der Waals surface area (Å²) in [5.74, 6) is 0.472. The number of nitro benzene ring substituents is 1. The number of carbonyl (C=O) groups is 1. The third-order valence-electron chi connectivity index (χ3n) is 4.33. The fourth-order valence-corrected chi connectivity index (χ4v) is 5.52. The number of anilines is 1. The molecule has 2 aromatic carbocycles. The van der Waals surface area contributed by atoms with E-state index in [1.165, 1.54) is 16.9 Å². The maximum atomic E-state index is 12.2. The number of carbonyl (C=O) groups excluding carboxylic acids is 1. The molecule has 0 aliphatic carbocycles. The molecule has 10 nitrogen and oxygen atoms in total. The smallest absolute Gasteiger partial charge is 0.269 e. The number of nitrogens with zero attached hydrogens (tertiary/aromatic N) is 3. The molecule has 0 atom stereocenters. The Morgan fingerprint density at radius 2 is 1.82 bits per heavy atom. The monoisotopic (exact) mass is 507 g/mol. The summed E-state index contributed by atoms with van der Waals surface area (Å²) in [6, 6.07) is 14.7. The molecule has 1 heterocycles. The average Bonchev–Trinajstić information content (AvgIpc) is 3.24. The minimum atomic E-state index is -3.88. The van der Waals surface area contributed by atoms with Crippen LogP contribution in [0.25, 0.3) is 0 Å². The normalized spacial score (nSPS) is 11.3. The van der Waals surface area contributed by atoms with Gasteiger partial charge in [0.2, 0.25) is 21.1 Å². The van der Waals surface area contributed by atoms with Crippen LogP contribution in [0.2, 0.25) is 0 Å².